The molecule has 0 saturated carbocycles. The Kier molecular flexibility index (Phi) is 4.39. The number of hydrogen-bond acceptors (Lipinski definition) is 5. The number of azide groups is 1. The molecule has 114 valence electrons. The second kappa shape index (κ2) is 6.62. The Hall–Kier alpha value is -2.34. The van der Waals surface area contributed by atoms with Gasteiger partial charge in [-0.05, 0) is 23.2 Å². The summed E-state index contributed by atoms with van der Waals surface area (Å²) in [5, 5.41) is 15.0. The summed E-state index contributed by atoms with van der Waals surface area (Å²) in [6.45, 7) is 3.97. The number of aromatic hydroxyl groups is 1. The Labute approximate surface area is 127 Å². The quantitative estimate of drug-likeness (QED) is 0.533. The van der Waals surface area contributed by atoms with Crippen LogP contribution in [0.25, 0.3) is 21.3 Å². The lowest BCUT2D eigenvalue weighted by Gasteiger charge is -2.27. The maximum atomic E-state index is 10.5. The van der Waals surface area contributed by atoms with Crippen molar-refractivity contribution in [1.29, 1.82) is 0 Å². The average molecular weight is 299 g/mol. The molecule has 2 heterocycles. The van der Waals surface area contributed by atoms with E-state index in [1.54, 1.807) is 6.20 Å². The van der Waals surface area contributed by atoms with Crippen molar-refractivity contribution in [3.63, 3.8) is 0 Å². The van der Waals surface area contributed by atoms with E-state index in [9.17, 15) is 5.11 Å². The second-order valence-electron chi connectivity index (χ2n) is 5.22. The molecule has 3 rings (SSSR count). The molecule has 22 heavy (non-hydrogen) atoms. The monoisotopic (exact) mass is 299 g/mol. The normalized spacial score (nSPS) is 15.6. The van der Waals surface area contributed by atoms with Crippen LogP contribution in [-0.4, -0.2) is 41.3 Å². The Balaban J connectivity index is 2.01. The van der Waals surface area contributed by atoms with E-state index in [2.05, 4.69) is 19.9 Å². The summed E-state index contributed by atoms with van der Waals surface area (Å²) in [7, 11) is 0. The van der Waals surface area contributed by atoms with E-state index < -0.39 is 0 Å². The van der Waals surface area contributed by atoms with Crippen LogP contribution in [0, 0.1) is 0 Å². The summed E-state index contributed by atoms with van der Waals surface area (Å²) in [6.07, 6.45) is 1.65. The van der Waals surface area contributed by atoms with Crippen molar-refractivity contribution in [2.75, 3.05) is 26.3 Å². The van der Waals surface area contributed by atoms with Crippen LogP contribution in [0.3, 0.4) is 0 Å². The van der Waals surface area contributed by atoms with Gasteiger partial charge in [0.1, 0.15) is 11.3 Å². The maximum absolute atomic E-state index is 10.5. The van der Waals surface area contributed by atoms with E-state index in [0.29, 0.717) is 25.3 Å². The number of phenols is 1. The Morgan fingerprint density at radius 3 is 2.95 bits per heavy atom. The Morgan fingerprint density at radius 1 is 1.36 bits per heavy atom. The number of rotatable bonds is 4. The highest BCUT2D eigenvalue weighted by Crippen LogP contribution is 2.31. The zero-order chi connectivity index (χ0) is 15.4. The number of pyridine rings is 1. The Morgan fingerprint density at radius 2 is 2.18 bits per heavy atom. The summed E-state index contributed by atoms with van der Waals surface area (Å²) >= 11 is 0. The van der Waals surface area contributed by atoms with Gasteiger partial charge in [-0.3, -0.25) is 9.88 Å². The molecule has 1 fully saturated rings. The minimum Gasteiger partial charge on any atom is -0.505 e. The average Bonchev–Trinajstić information content (AvgIpc) is 2.57. The maximum Gasteiger partial charge on any atom is 0.146 e. The van der Waals surface area contributed by atoms with Gasteiger partial charge in [0.15, 0.2) is 0 Å². The summed E-state index contributed by atoms with van der Waals surface area (Å²) in [6, 6.07) is 5.59. The van der Waals surface area contributed by atoms with Gasteiger partial charge in [-0.15, -0.1) is 0 Å². The molecule has 1 saturated heterocycles. The molecule has 0 bridgehead atoms. The van der Waals surface area contributed by atoms with Crippen molar-refractivity contribution >= 4 is 10.9 Å². The van der Waals surface area contributed by atoms with E-state index in [-0.39, 0.29) is 12.3 Å². The number of fused-ring (bicyclic) bond motifs is 1. The number of phenolic OH excluding ortho intramolecular Hbond substituents is 1. The lowest BCUT2D eigenvalue weighted by molar-refractivity contribution is 0.0339. The second-order valence-corrected chi connectivity index (χ2v) is 5.22. The van der Waals surface area contributed by atoms with Crippen molar-refractivity contribution in [2.24, 2.45) is 5.11 Å². The van der Waals surface area contributed by atoms with Crippen LogP contribution < -0.4 is 0 Å². The fourth-order valence-electron chi connectivity index (χ4n) is 2.72. The molecule has 1 N–H and O–H groups in total. The topological polar surface area (TPSA) is 94.4 Å². The molecular weight excluding hydrogens is 282 g/mol. The molecule has 0 atom stereocenters. The lowest BCUT2D eigenvalue weighted by atomic mass is 10.0. The van der Waals surface area contributed by atoms with Crippen LogP contribution in [0.1, 0.15) is 11.1 Å². The molecule has 0 radical (unpaired) electrons. The van der Waals surface area contributed by atoms with Crippen LogP contribution in [0.4, 0.5) is 0 Å². The predicted octanol–water partition coefficient (Wildman–Crippen LogP) is 2.58. The molecule has 2 aromatic rings. The summed E-state index contributed by atoms with van der Waals surface area (Å²) in [4.78, 5) is 9.32. The molecule has 0 aliphatic carbocycles. The standard InChI is InChI=1S/C15H17N5O2/c16-19-18-9-11-8-12(10-20-4-6-22-7-5-20)15(21)14-13(11)2-1-3-17-14/h1-3,8,21H,4-7,9-10H2. The van der Waals surface area contributed by atoms with Crippen LogP contribution in [0.2, 0.25) is 0 Å². The summed E-state index contributed by atoms with van der Waals surface area (Å²) < 4.78 is 5.34. The lowest BCUT2D eigenvalue weighted by Crippen LogP contribution is -2.35. The number of hydrogen-bond donors (Lipinski definition) is 1. The number of benzene rings is 1. The predicted molar refractivity (Wildman–Crippen MR) is 82.4 cm³/mol. The highest BCUT2D eigenvalue weighted by Gasteiger charge is 2.16. The van der Waals surface area contributed by atoms with Crippen LogP contribution in [0.5, 0.6) is 5.75 Å². The molecule has 0 spiro atoms. The van der Waals surface area contributed by atoms with Crippen molar-refractivity contribution in [2.45, 2.75) is 13.1 Å². The summed E-state index contributed by atoms with van der Waals surface area (Å²) in [5.41, 5.74) is 10.8. The van der Waals surface area contributed by atoms with Crippen LogP contribution in [0.15, 0.2) is 29.5 Å². The van der Waals surface area contributed by atoms with E-state index in [4.69, 9.17) is 10.3 Å². The smallest absolute Gasteiger partial charge is 0.146 e. The van der Waals surface area contributed by atoms with Gasteiger partial charge in [-0.1, -0.05) is 11.2 Å². The van der Waals surface area contributed by atoms with Crippen molar-refractivity contribution < 1.29 is 9.84 Å². The van der Waals surface area contributed by atoms with E-state index in [0.717, 1.165) is 29.6 Å². The molecular formula is C15H17N5O2. The van der Waals surface area contributed by atoms with Gasteiger partial charge in [-0.2, -0.15) is 0 Å². The first-order chi connectivity index (χ1) is 10.8. The molecule has 0 amide bonds. The number of aromatic nitrogens is 1. The largest absolute Gasteiger partial charge is 0.505 e. The van der Waals surface area contributed by atoms with Crippen LogP contribution >= 0.6 is 0 Å². The van der Waals surface area contributed by atoms with Gasteiger partial charge < -0.3 is 9.84 Å². The van der Waals surface area contributed by atoms with Gasteiger partial charge in [0.25, 0.3) is 0 Å². The number of morpholine rings is 1. The van der Waals surface area contributed by atoms with E-state index >= 15 is 0 Å². The van der Waals surface area contributed by atoms with Gasteiger partial charge >= 0.3 is 0 Å². The third-order valence-electron chi connectivity index (χ3n) is 3.83. The van der Waals surface area contributed by atoms with Gasteiger partial charge in [0.05, 0.1) is 19.8 Å². The number of nitrogens with zero attached hydrogens (tertiary/aromatic N) is 5. The molecule has 7 nitrogen and oxygen atoms in total. The third-order valence-corrected chi connectivity index (χ3v) is 3.83. The molecule has 0 unspecified atom stereocenters. The molecule has 7 heteroatoms. The first kappa shape index (κ1) is 14.6. The highest BCUT2D eigenvalue weighted by molar-refractivity contribution is 5.88. The van der Waals surface area contributed by atoms with Crippen molar-refractivity contribution in [1.82, 2.24) is 9.88 Å². The van der Waals surface area contributed by atoms with Crippen molar-refractivity contribution in [3.05, 3.63) is 46.0 Å². The van der Waals surface area contributed by atoms with Gasteiger partial charge in [0.2, 0.25) is 0 Å². The first-order valence-electron chi connectivity index (χ1n) is 7.19. The SMILES string of the molecule is [N-]=[N+]=NCc1cc(CN2CCOCC2)c(O)c2ncccc12. The molecule has 1 aromatic carbocycles. The molecule has 1 aromatic heterocycles. The molecule has 1 aliphatic rings. The first-order valence-corrected chi connectivity index (χ1v) is 7.19. The van der Waals surface area contributed by atoms with Gasteiger partial charge in [-0.25, -0.2) is 0 Å². The fraction of sp³-hybridized carbons (Fsp3) is 0.400. The zero-order valence-corrected chi connectivity index (χ0v) is 12.1. The van der Waals surface area contributed by atoms with E-state index in [1.807, 2.05) is 18.2 Å². The Bertz CT molecular complexity index is 721. The van der Waals surface area contributed by atoms with Gasteiger partial charge in [0, 0.05) is 41.7 Å². The minimum absolute atomic E-state index is 0.201. The summed E-state index contributed by atoms with van der Waals surface area (Å²) in [5.74, 6) is 0.201. The fourth-order valence-corrected chi connectivity index (χ4v) is 2.72. The van der Waals surface area contributed by atoms with E-state index in [1.165, 1.54) is 0 Å². The number of ether oxygens (including phenoxy) is 1. The zero-order valence-electron chi connectivity index (χ0n) is 12.1. The highest BCUT2D eigenvalue weighted by atomic mass is 16.5. The minimum atomic E-state index is 0.201. The third kappa shape index (κ3) is 2.96. The molecule has 1 aliphatic heterocycles. The van der Waals surface area contributed by atoms with Crippen LogP contribution in [-0.2, 0) is 17.8 Å². The van der Waals surface area contributed by atoms with Crippen molar-refractivity contribution in [3.8, 4) is 5.75 Å².